The molecule has 2 heterocycles. The zero-order chi connectivity index (χ0) is 14.9. The van der Waals surface area contributed by atoms with Gasteiger partial charge in [-0.25, -0.2) is 9.78 Å². The number of aryl methyl sites for hydroxylation is 2. The lowest BCUT2D eigenvalue weighted by Gasteiger charge is -2.09. The Morgan fingerprint density at radius 1 is 1.35 bits per heavy atom. The van der Waals surface area contributed by atoms with Gasteiger partial charge >= 0.3 is 5.69 Å². The molecule has 0 atom stereocenters. The van der Waals surface area contributed by atoms with E-state index in [-0.39, 0.29) is 11.2 Å². The van der Waals surface area contributed by atoms with Crippen molar-refractivity contribution in [3.05, 3.63) is 55.6 Å². The number of rotatable bonds is 3. The van der Waals surface area contributed by atoms with Gasteiger partial charge in [0.15, 0.2) is 0 Å². The second-order valence-corrected chi connectivity index (χ2v) is 4.96. The second kappa shape index (κ2) is 5.50. The molecule has 20 heavy (non-hydrogen) atoms. The number of halogens is 1. The second-order valence-electron chi connectivity index (χ2n) is 4.60. The summed E-state index contributed by atoms with van der Waals surface area (Å²) in [5.74, 6) is 0. The van der Waals surface area contributed by atoms with E-state index in [1.165, 1.54) is 17.8 Å². The van der Waals surface area contributed by atoms with Crippen LogP contribution in [0.5, 0.6) is 0 Å². The van der Waals surface area contributed by atoms with Gasteiger partial charge in [0.25, 0.3) is 5.56 Å². The zero-order valence-corrected chi connectivity index (χ0v) is 12.2. The van der Waals surface area contributed by atoms with E-state index < -0.39 is 0 Å². The molecule has 0 fully saturated rings. The highest BCUT2D eigenvalue weighted by Gasteiger charge is 2.07. The molecule has 0 radical (unpaired) electrons. The van der Waals surface area contributed by atoms with Crippen molar-refractivity contribution in [1.82, 2.24) is 14.1 Å². The fourth-order valence-electron chi connectivity index (χ4n) is 1.86. The van der Waals surface area contributed by atoms with E-state index in [4.69, 9.17) is 11.6 Å². The van der Waals surface area contributed by atoms with Gasteiger partial charge in [0, 0.05) is 26.8 Å². The molecule has 7 heteroatoms. The van der Waals surface area contributed by atoms with Crippen LogP contribution in [-0.2, 0) is 20.6 Å². The van der Waals surface area contributed by atoms with Crippen molar-refractivity contribution >= 4 is 17.3 Å². The summed E-state index contributed by atoms with van der Waals surface area (Å²) in [7, 11) is 3.07. The summed E-state index contributed by atoms with van der Waals surface area (Å²) in [6.07, 6.45) is 3.13. The van der Waals surface area contributed by atoms with E-state index >= 15 is 0 Å². The highest BCUT2D eigenvalue weighted by atomic mass is 35.5. The Bertz CT molecular complexity index is 764. The SMILES string of the molecule is Cc1cc(NCc2cn(C)c(=O)n(C)c2=O)cnc1Cl. The number of pyridine rings is 1. The molecule has 0 aliphatic carbocycles. The molecule has 2 aromatic heterocycles. The molecular formula is C13H15ClN4O2. The van der Waals surface area contributed by atoms with Gasteiger partial charge in [0.2, 0.25) is 0 Å². The van der Waals surface area contributed by atoms with Crippen LogP contribution in [0, 0.1) is 6.92 Å². The molecule has 0 amide bonds. The third kappa shape index (κ3) is 2.75. The van der Waals surface area contributed by atoms with Gasteiger partial charge in [-0.05, 0) is 18.6 Å². The maximum atomic E-state index is 12.0. The predicted molar refractivity (Wildman–Crippen MR) is 78.2 cm³/mol. The van der Waals surface area contributed by atoms with Crippen molar-refractivity contribution in [2.24, 2.45) is 14.1 Å². The van der Waals surface area contributed by atoms with Crippen LogP contribution in [0.1, 0.15) is 11.1 Å². The van der Waals surface area contributed by atoms with Crippen LogP contribution in [-0.4, -0.2) is 14.1 Å². The lowest BCUT2D eigenvalue weighted by Crippen LogP contribution is -2.38. The normalized spacial score (nSPS) is 10.6. The van der Waals surface area contributed by atoms with Crippen molar-refractivity contribution in [3.8, 4) is 0 Å². The smallest absolute Gasteiger partial charge is 0.330 e. The summed E-state index contributed by atoms with van der Waals surface area (Å²) in [5, 5.41) is 3.55. The van der Waals surface area contributed by atoms with Gasteiger partial charge in [-0.15, -0.1) is 0 Å². The number of nitrogens with one attached hydrogen (secondary N) is 1. The number of anilines is 1. The van der Waals surface area contributed by atoms with Crippen molar-refractivity contribution in [2.45, 2.75) is 13.5 Å². The van der Waals surface area contributed by atoms with Crippen molar-refractivity contribution < 1.29 is 0 Å². The summed E-state index contributed by atoms with van der Waals surface area (Å²) in [6.45, 7) is 2.16. The monoisotopic (exact) mass is 294 g/mol. The number of aromatic nitrogens is 3. The molecule has 0 saturated carbocycles. The average Bonchev–Trinajstić information content (AvgIpc) is 2.42. The quantitative estimate of drug-likeness (QED) is 0.859. The minimum atomic E-state index is -0.345. The topological polar surface area (TPSA) is 68.9 Å². The summed E-state index contributed by atoms with van der Waals surface area (Å²) >= 11 is 5.85. The number of nitrogens with zero attached hydrogens (tertiary/aromatic N) is 3. The summed E-state index contributed by atoms with van der Waals surface area (Å²) in [4.78, 5) is 27.6. The summed E-state index contributed by atoms with van der Waals surface area (Å²) < 4.78 is 2.46. The highest BCUT2D eigenvalue weighted by Crippen LogP contribution is 2.16. The Morgan fingerprint density at radius 3 is 2.70 bits per heavy atom. The predicted octanol–water partition coefficient (Wildman–Crippen LogP) is 1.05. The van der Waals surface area contributed by atoms with Gasteiger partial charge in [-0.2, -0.15) is 0 Å². The molecule has 0 saturated heterocycles. The van der Waals surface area contributed by atoms with Crippen LogP contribution in [0.2, 0.25) is 5.15 Å². The molecule has 0 aliphatic rings. The fourth-order valence-corrected chi connectivity index (χ4v) is 1.96. The number of hydrogen-bond donors (Lipinski definition) is 1. The molecule has 0 unspecified atom stereocenters. The Kier molecular flexibility index (Phi) is 3.94. The van der Waals surface area contributed by atoms with Gasteiger partial charge in [0.1, 0.15) is 5.15 Å². The van der Waals surface area contributed by atoms with Crippen molar-refractivity contribution in [2.75, 3.05) is 5.32 Å². The molecule has 2 rings (SSSR count). The molecule has 0 bridgehead atoms. The van der Waals surface area contributed by atoms with E-state index in [2.05, 4.69) is 10.3 Å². The van der Waals surface area contributed by atoms with Crippen molar-refractivity contribution in [1.29, 1.82) is 0 Å². The lowest BCUT2D eigenvalue weighted by molar-refractivity contribution is 0.671. The minimum absolute atomic E-state index is 0.306. The molecule has 0 spiro atoms. The van der Waals surface area contributed by atoms with E-state index in [0.717, 1.165) is 15.8 Å². The third-order valence-electron chi connectivity index (χ3n) is 3.01. The maximum absolute atomic E-state index is 12.0. The maximum Gasteiger partial charge on any atom is 0.330 e. The molecule has 106 valence electrons. The average molecular weight is 295 g/mol. The Morgan fingerprint density at radius 2 is 2.05 bits per heavy atom. The molecule has 1 N–H and O–H groups in total. The fraction of sp³-hybridized carbons (Fsp3) is 0.308. The van der Waals surface area contributed by atoms with Crippen LogP contribution in [0.25, 0.3) is 0 Å². The van der Waals surface area contributed by atoms with Crippen LogP contribution in [0.3, 0.4) is 0 Å². The van der Waals surface area contributed by atoms with Crippen molar-refractivity contribution in [3.63, 3.8) is 0 Å². The first-order valence-corrected chi connectivity index (χ1v) is 6.39. The first-order valence-electron chi connectivity index (χ1n) is 6.01. The Balaban J connectivity index is 2.25. The molecule has 2 aromatic rings. The van der Waals surface area contributed by atoms with E-state index in [1.807, 2.05) is 13.0 Å². The zero-order valence-electron chi connectivity index (χ0n) is 11.5. The first-order chi connectivity index (χ1) is 9.40. The minimum Gasteiger partial charge on any atom is -0.379 e. The van der Waals surface area contributed by atoms with E-state index in [0.29, 0.717) is 17.3 Å². The van der Waals surface area contributed by atoms with Crippen LogP contribution >= 0.6 is 11.6 Å². The van der Waals surface area contributed by atoms with E-state index in [1.54, 1.807) is 13.2 Å². The standard InChI is InChI=1S/C13H15ClN4O2/c1-8-4-10(6-16-11(8)14)15-5-9-7-17(2)13(20)18(3)12(9)19/h4,6-7,15H,5H2,1-3H3. The van der Waals surface area contributed by atoms with Gasteiger partial charge in [0.05, 0.1) is 17.4 Å². The Hall–Kier alpha value is -2.08. The summed E-state index contributed by atoms with van der Waals surface area (Å²) in [6, 6.07) is 1.85. The first kappa shape index (κ1) is 14.3. The van der Waals surface area contributed by atoms with Gasteiger partial charge in [-0.1, -0.05) is 11.6 Å². The molecular weight excluding hydrogens is 280 g/mol. The highest BCUT2D eigenvalue weighted by molar-refractivity contribution is 6.30. The van der Waals surface area contributed by atoms with Crippen LogP contribution in [0.4, 0.5) is 5.69 Å². The van der Waals surface area contributed by atoms with E-state index in [9.17, 15) is 9.59 Å². The largest absolute Gasteiger partial charge is 0.379 e. The van der Waals surface area contributed by atoms with Crippen LogP contribution < -0.4 is 16.6 Å². The summed E-state index contributed by atoms with van der Waals surface area (Å²) in [5.41, 5.74) is 1.47. The third-order valence-corrected chi connectivity index (χ3v) is 3.41. The Labute approximate surface area is 120 Å². The molecule has 0 aromatic carbocycles. The number of hydrogen-bond acceptors (Lipinski definition) is 4. The molecule has 0 aliphatic heterocycles. The van der Waals surface area contributed by atoms with Gasteiger partial charge in [-0.3, -0.25) is 9.36 Å². The van der Waals surface area contributed by atoms with Gasteiger partial charge < -0.3 is 9.88 Å². The lowest BCUT2D eigenvalue weighted by atomic mass is 10.2. The molecule has 6 nitrogen and oxygen atoms in total. The van der Waals surface area contributed by atoms with Crippen LogP contribution in [0.15, 0.2) is 28.0 Å².